The molecule has 0 unspecified atom stereocenters. The van der Waals surface area contributed by atoms with Crippen molar-refractivity contribution in [2.75, 3.05) is 45.0 Å². The highest BCUT2D eigenvalue weighted by molar-refractivity contribution is 14.0. The van der Waals surface area contributed by atoms with Crippen LogP contribution >= 0.6 is 24.0 Å². The number of nitrogens with zero attached hydrogens (tertiary/aromatic N) is 2. The van der Waals surface area contributed by atoms with Crippen LogP contribution in [0.3, 0.4) is 0 Å². The molecule has 9 heteroatoms. The maximum Gasteiger partial charge on any atom is 0.211 e. The molecular weight excluding hydrogens is 453 g/mol. The summed E-state index contributed by atoms with van der Waals surface area (Å²) in [5, 5.41) is 6.40. The smallest absolute Gasteiger partial charge is 0.211 e. The Hall–Kier alpha value is -0.130. The summed E-state index contributed by atoms with van der Waals surface area (Å²) in [7, 11) is -3.14. The predicted octanol–water partition coefficient (Wildman–Crippen LogP) is 1.36. The molecule has 1 aliphatic heterocycles. The van der Waals surface area contributed by atoms with Crippen LogP contribution in [0, 0.1) is 0 Å². The first-order chi connectivity index (χ1) is 11.3. The van der Waals surface area contributed by atoms with Gasteiger partial charge in [-0.3, -0.25) is 9.89 Å². The molecule has 0 aromatic rings. The van der Waals surface area contributed by atoms with Crippen molar-refractivity contribution in [3.63, 3.8) is 0 Å². The number of rotatable bonds is 9. The van der Waals surface area contributed by atoms with Gasteiger partial charge in [0.15, 0.2) is 5.96 Å². The molecule has 1 fully saturated rings. The molecule has 0 amide bonds. The maximum absolute atomic E-state index is 11.4. The number of likely N-dealkylation sites (tertiary alicyclic amines) is 1. The van der Waals surface area contributed by atoms with Crippen LogP contribution < -0.4 is 15.4 Å². The zero-order valence-electron chi connectivity index (χ0n) is 16.1. The van der Waals surface area contributed by atoms with Crippen LogP contribution in [-0.2, 0) is 10.0 Å². The number of aliphatic imine (C=N–C) groups is 1. The van der Waals surface area contributed by atoms with Crippen molar-refractivity contribution in [3.05, 3.63) is 0 Å². The number of guanidine groups is 1. The van der Waals surface area contributed by atoms with Gasteiger partial charge >= 0.3 is 0 Å². The summed E-state index contributed by atoms with van der Waals surface area (Å²) in [6.45, 7) is 12.8. The fourth-order valence-electron chi connectivity index (χ4n) is 2.70. The van der Waals surface area contributed by atoms with Gasteiger partial charge in [0.1, 0.15) is 0 Å². The van der Waals surface area contributed by atoms with E-state index in [2.05, 4.69) is 34.1 Å². The third-order valence-corrected chi connectivity index (χ3v) is 5.70. The Balaban J connectivity index is 0.00000576. The van der Waals surface area contributed by atoms with Crippen molar-refractivity contribution in [1.29, 1.82) is 0 Å². The van der Waals surface area contributed by atoms with Crippen molar-refractivity contribution in [3.8, 4) is 0 Å². The molecule has 0 spiro atoms. The molecule has 150 valence electrons. The minimum atomic E-state index is -3.14. The molecule has 1 rings (SSSR count). The molecule has 0 radical (unpaired) electrons. The average molecular weight is 489 g/mol. The SMILES string of the molecule is CCNC(=NCC(C)(C)N1CCCCC1)NCCNS(=O)(=O)CC.I. The summed E-state index contributed by atoms with van der Waals surface area (Å²) >= 11 is 0. The first kappa shape index (κ1) is 24.9. The second-order valence-electron chi connectivity index (χ2n) is 6.78. The third-order valence-electron chi connectivity index (χ3n) is 4.30. The first-order valence-corrected chi connectivity index (χ1v) is 10.7. The lowest BCUT2D eigenvalue weighted by molar-refractivity contribution is 0.102. The van der Waals surface area contributed by atoms with Crippen molar-refractivity contribution in [1.82, 2.24) is 20.3 Å². The van der Waals surface area contributed by atoms with E-state index in [0.717, 1.165) is 25.6 Å². The normalized spacial score (nSPS) is 17.0. The number of hydrogen-bond acceptors (Lipinski definition) is 4. The van der Waals surface area contributed by atoms with Crippen LogP contribution in [0.2, 0.25) is 0 Å². The lowest BCUT2D eigenvalue weighted by atomic mass is 9.99. The molecule has 0 atom stereocenters. The van der Waals surface area contributed by atoms with Crippen LogP contribution in [0.1, 0.15) is 47.0 Å². The lowest BCUT2D eigenvalue weighted by Gasteiger charge is -2.40. The van der Waals surface area contributed by atoms with E-state index in [1.807, 2.05) is 6.92 Å². The Morgan fingerprint density at radius 2 is 1.72 bits per heavy atom. The van der Waals surface area contributed by atoms with Crippen LogP contribution in [0.5, 0.6) is 0 Å². The van der Waals surface area contributed by atoms with Gasteiger partial charge in [0, 0.05) is 25.2 Å². The highest BCUT2D eigenvalue weighted by atomic mass is 127. The monoisotopic (exact) mass is 489 g/mol. The molecule has 0 aromatic carbocycles. The van der Waals surface area contributed by atoms with Gasteiger partial charge in [0.25, 0.3) is 0 Å². The molecule has 7 nitrogen and oxygen atoms in total. The molecule has 0 aliphatic carbocycles. The van der Waals surface area contributed by atoms with Gasteiger partial charge in [-0.05, 0) is 53.6 Å². The fourth-order valence-corrected chi connectivity index (χ4v) is 3.32. The van der Waals surface area contributed by atoms with Crippen LogP contribution in [0.4, 0.5) is 0 Å². The summed E-state index contributed by atoms with van der Waals surface area (Å²) in [6.07, 6.45) is 3.86. The number of piperidine rings is 1. The molecule has 1 saturated heterocycles. The number of halogens is 1. The standard InChI is InChI=1S/C16H35N5O2S.HI/c1-5-17-15(18-10-11-20-24(22,23)6-2)19-14-16(3,4)21-12-8-7-9-13-21;/h20H,5-14H2,1-4H3,(H2,17,18,19);1H. The average Bonchev–Trinajstić information content (AvgIpc) is 2.57. The Morgan fingerprint density at radius 1 is 1.08 bits per heavy atom. The molecule has 0 saturated carbocycles. The second kappa shape index (κ2) is 12.3. The zero-order chi connectivity index (χ0) is 18.1. The van der Waals surface area contributed by atoms with Gasteiger partial charge in [-0.2, -0.15) is 0 Å². The van der Waals surface area contributed by atoms with Crippen molar-refractivity contribution in [2.24, 2.45) is 4.99 Å². The van der Waals surface area contributed by atoms with E-state index in [1.165, 1.54) is 19.3 Å². The summed E-state index contributed by atoms with van der Waals surface area (Å²) in [5.74, 6) is 0.837. The highest BCUT2D eigenvalue weighted by Crippen LogP contribution is 2.20. The molecule has 3 N–H and O–H groups in total. The largest absolute Gasteiger partial charge is 0.357 e. The molecule has 25 heavy (non-hydrogen) atoms. The zero-order valence-corrected chi connectivity index (χ0v) is 19.2. The number of sulfonamides is 1. The summed E-state index contributed by atoms with van der Waals surface area (Å²) in [5.41, 5.74) is 0.0343. The van der Waals surface area contributed by atoms with Gasteiger partial charge < -0.3 is 10.6 Å². The summed E-state index contributed by atoms with van der Waals surface area (Å²) in [6, 6.07) is 0. The highest BCUT2D eigenvalue weighted by Gasteiger charge is 2.27. The van der Waals surface area contributed by atoms with Crippen molar-refractivity contribution in [2.45, 2.75) is 52.5 Å². The maximum atomic E-state index is 11.4. The van der Waals surface area contributed by atoms with E-state index in [1.54, 1.807) is 6.92 Å². The number of hydrogen-bond donors (Lipinski definition) is 3. The number of nitrogens with one attached hydrogen (secondary N) is 3. The van der Waals surface area contributed by atoms with Gasteiger partial charge in [-0.25, -0.2) is 13.1 Å². The van der Waals surface area contributed by atoms with E-state index in [4.69, 9.17) is 4.99 Å². The quantitative estimate of drug-likeness (QED) is 0.197. The van der Waals surface area contributed by atoms with Crippen molar-refractivity contribution >= 4 is 40.0 Å². The second-order valence-corrected chi connectivity index (χ2v) is 8.88. The van der Waals surface area contributed by atoms with E-state index in [9.17, 15) is 8.42 Å². The molecule has 1 heterocycles. The van der Waals surface area contributed by atoms with Gasteiger partial charge in [-0.1, -0.05) is 6.42 Å². The van der Waals surface area contributed by atoms with E-state index >= 15 is 0 Å². The van der Waals surface area contributed by atoms with Crippen LogP contribution in [-0.4, -0.2) is 69.8 Å². The summed E-state index contributed by atoms with van der Waals surface area (Å²) < 4.78 is 25.4. The Labute approximate surface area is 170 Å². The molecular formula is C16H36IN5O2S. The Morgan fingerprint density at radius 3 is 2.28 bits per heavy atom. The lowest BCUT2D eigenvalue weighted by Crippen LogP contribution is -2.50. The minimum absolute atomic E-state index is 0. The van der Waals surface area contributed by atoms with E-state index in [-0.39, 0.29) is 35.3 Å². The van der Waals surface area contributed by atoms with Gasteiger partial charge in [0.2, 0.25) is 10.0 Å². The molecule has 1 aliphatic rings. The van der Waals surface area contributed by atoms with E-state index in [0.29, 0.717) is 19.6 Å². The Bertz CT molecular complexity index is 491. The molecule has 0 bridgehead atoms. The topological polar surface area (TPSA) is 85.8 Å². The molecule has 0 aromatic heterocycles. The van der Waals surface area contributed by atoms with Crippen LogP contribution in [0.25, 0.3) is 0 Å². The Kier molecular flexibility index (Phi) is 12.2. The fraction of sp³-hybridized carbons (Fsp3) is 0.938. The van der Waals surface area contributed by atoms with Crippen LogP contribution in [0.15, 0.2) is 4.99 Å². The first-order valence-electron chi connectivity index (χ1n) is 9.05. The van der Waals surface area contributed by atoms with Gasteiger partial charge in [-0.15, -0.1) is 24.0 Å². The van der Waals surface area contributed by atoms with E-state index < -0.39 is 10.0 Å². The van der Waals surface area contributed by atoms with Gasteiger partial charge in [0.05, 0.1) is 12.3 Å². The summed E-state index contributed by atoms with van der Waals surface area (Å²) in [4.78, 5) is 7.20. The minimum Gasteiger partial charge on any atom is -0.357 e. The predicted molar refractivity (Wildman–Crippen MR) is 116 cm³/mol. The van der Waals surface area contributed by atoms with Crippen molar-refractivity contribution < 1.29 is 8.42 Å². The third kappa shape index (κ3) is 9.95.